The number of hydrogen-bond acceptors (Lipinski definition) is 8. The smallest absolute Gasteiger partial charge is 0.408 e. The van der Waals surface area contributed by atoms with Crippen LogP contribution >= 0.6 is 0 Å². The molecule has 5 aromatic rings. The lowest BCUT2D eigenvalue weighted by atomic mass is 9.96. The highest BCUT2D eigenvalue weighted by Crippen LogP contribution is 2.34. The number of aryl methyl sites for hydroxylation is 1. The number of halogens is 1. The van der Waals surface area contributed by atoms with E-state index in [0.29, 0.717) is 27.8 Å². The maximum absolute atomic E-state index is 16.4. The Morgan fingerprint density at radius 2 is 1.56 bits per heavy atom. The fourth-order valence-corrected chi connectivity index (χ4v) is 6.86. The van der Waals surface area contributed by atoms with E-state index in [9.17, 15) is 18.0 Å². The molecule has 0 aliphatic carbocycles. The number of rotatable bonds is 10. The van der Waals surface area contributed by atoms with Gasteiger partial charge < -0.3 is 19.5 Å². The van der Waals surface area contributed by atoms with Crippen molar-refractivity contribution in [3.63, 3.8) is 0 Å². The lowest BCUT2D eigenvalue weighted by Gasteiger charge is -2.22. The molecule has 4 aromatic carbocycles. The Bertz CT molecular complexity index is 2220. The number of nitrogens with zero attached hydrogens (tertiary/aromatic N) is 2. The largest absolute Gasteiger partial charge is 0.489 e. The molecule has 0 fully saturated rings. The molecule has 1 N–H and O–H groups in total. The first-order valence-corrected chi connectivity index (χ1v) is 18.3. The van der Waals surface area contributed by atoms with E-state index in [1.54, 1.807) is 115 Å². The SMILES string of the molecule is Cc1ccc(S(=O)(=O)n2ncc3c(COc4ccccc4CC(=O)OC(C)(C)C)cc(-c4cccc([C@@H](C)NC(=O)OC(C)(C)C)c4F)cc32)cc1. The molecule has 0 saturated heterocycles. The van der Waals surface area contributed by atoms with E-state index in [2.05, 4.69) is 10.4 Å². The van der Waals surface area contributed by atoms with Gasteiger partial charge in [0.2, 0.25) is 0 Å². The fraction of sp³-hybridized carbons (Fsp3) is 0.325. The van der Waals surface area contributed by atoms with E-state index in [0.717, 1.165) is 9.65 Å². The summed E-state index contributed by atoms with van der Waals surface area (Å²) in [6.07, 6.45) is 0.724. The molecular formula is C40H44FN3O7S. The maximum atomic E-state index is 16.4. The minimum atomic E-state index is -4.16. The number of carbonyl (C=O) groups is 2. The maximum Gasteiger partial charge on any atom is 0.408 e. The molecule has 12 heteroatoms. The first-order valence-electron chi connectivity index (χ1n) is 16.9. The van der Waals surface area contributed by atoms with Crippen molar-refractivity contribution >= 4 is 33.0 Å². The molecule has 0 spiro atoms. The number of ether oxygens (including phenoxy) is 3. The van der Waals surface area contributed by atoms with Gasteiger partial charge in [-0.2, -0.15) is 17.6 Å². The van der Waals surface area contributed by atoms with Gasteiger partial charge in [-0.15, -0.1) is 0 Å². The van der Waals surface area contributed by atoms with Gasteiger partial charge in [0.15, 0.2) is 0 Å². The van der Waals surface area contributed by atoms with Gasteiger partial charge in [0.25, 0.3) is 10.0 Å². The van der Waals surface area contributed by atoms with Crippen molar-refractivity contribution in [3.05, 3.63) is 113 Å². The normalized spacial score (nSPS) is 12.7. The van der Waals surface area contributed by atoms with Crippen LogP contribution in [0.1, 0.15) is 76.8 Å². The molecule has 274 valence electrons. The van der Waals surface area contributed by atoms with Crippen LogP contribution in [0.4, 0.5) is 9.18 Å². The molecule has 5 rings (SSSR count). The molecule has 0 aliphatic heterocycles. The van der Waals surface area contributed by atoms with Crippen LogP contribution in [0.3, 0.4) is 0 Å². The third-order valence-electron chi connectivity index (χ3n) is 7.94. The van der Waals surface area contributed by atoms with Crippen molar-refractivity contribution in [3.8, 4) is 16.9 Å². The first-order chi connectivity index (χ1) is 24.3. The summed E-state index contributed by atoms with van der Waals surface area (Å²) in [6.45, 7) is 14.0. The fourth-order valence-electron chi connectivity index (χ4n) is 5.60. The third kappa shape index (κ3) is 8.97. The number of benzene rings is 4. The van der Waals surface area contributed by atoms with Gasteiger partial charge in [-0.25, -0.2) is 9.18 Å². The van der Waals surface area contributed by atoms with Crippen molar-refractivity contribution in [1.29, 1.82) is 0 Å². The monoisotopic (exact) mass is 729 g/mol. The van der Waals surface area contributed by atoms with E-state index in [4.69, 9.17) is 14.2 Å². The summed E-state index contributed by atoms with van der Waals surface area (Å²) in [5.74, 6) is -0.587. The van der Waals surface area contributed by atoms with Crippen LogP contribution in [0.15, 0.2) is 90.0 Å². The minimum Gasteiger partial charge on any atom is -0.489 e. The molecule has 52 heavy (non-hydrogen) atoms. The van der Waals surface area contributed by atoms with Gasteiger partial charge in [0.1, 0.15) is 29.4 Å². The van der Waals surface area contributed by atoms with Crippen molar-refractivity contribution in [2.75, 3.05) is 0 Å². The molecular weight excluding hydrogens is 686 g/mol. The Kier molecular flexibility index (Phi) is 10.8. The van der Waals surface area contributed by atoms with Gasteiger partial charge in [-0.3, -0.25) is 4.79 Å². The number of fused-ring (bicyclic) bond motifs is 1. The number of carbonyl (C=O) groups excluding carboxylic acids is 2. The topological polar surface area (TPSA) is 126 Å². The summed E-state index contributed by atoms with van der Waals surface area (Å²) in [6, 6.07) is 20.8. The highest BCUT2D eigenvalue weighted by molar-refractivity contribution is 7.90. The predicted molar refractivity (Wildman–Crippen MR) is 197 cm³/mol. The number of hydrogen-bond donors (Lipinski definition) is 1. The van der Waals surface area contributed by atoms with Gasteiger partial charge >= 0.3 is 12.1 Å². The zero-order chi connectivity index (χ0) is 38.0. The predicted octanol–water partition coefficient (Wildman–Crippen LogP) is 8.44. The lowest BCUT2D eigenvalue weighted by Crippen LogP contribution is -2.34. The minimum absolute atomic E-state index is 0.0247. The van der Waals surface area contributed by atoms with E-state index in [1.165, 1.54) is 18.3 Å². The summed E-state index contributed by atoms with van der Waals surface area (Å²) in [5, 5.41) is 7.45. The van der Waals surface area contributed by atoms with Gasteiger partial charge in [-0.05, 0) is 91.3 Å². The number of nitrogens with one attached hydrogen (secondary N) is 1. The Balaban J connectivity index is 1.58. The molecule has 1 atom stereocenters. The summed E-state index contributed by atoms with van der Waals surface area (Å²) in [5.41, 5.74) is 1.57. The Morgan fingerprint density at radius 1 is 0.885 bits per heavy atom. The van der Waals surface area contributed by atoms with Crippen LogP contribution in [0.5, 0.6) is 5.75 Å². The molecule has 1 amide bonds. The van der Waals surface area contributed by atoms with Gasteiger partial charge in [-0.1, -0.05) is 54.1 Å². The van der Waals surface area contributed by atoms with Crippen LogP contribution in [-0.2, 0) is 37.3 Å². The molecule has 10 nitrogen and oxygen atoms in total. The zero-order valence-corrected chi connectivity index (χ0v) is 31.4. The van der Waals surface area contributed by atoms with Gasteiger partial charge in [0.05, 0.1) is 29.1 Å². The molecule has 0 aliphatic rings. The van der Waals surface area contributed by atoms with E-state index in [-0.39, 0.29) is 34.6 Å². The number of aromatic nitrogens is 2. The van der Waals surface area contributed by atoms with E-state index < -0.39 is 45.1 Å². The van der Waals surface area contributed by atoms with Crippen molar-refractivity contribution < 1.29 is 36.6 Å². The summed E-state index contributed by atoms with van der Waals surface area (Å²) in [4.78, 5) is 25.2. The standard InChI is InChI=1S/C40H44FN3O7S/c1-25-16-18-30(19-17-25)52(47,48)44-34-21-28(32-14-11-13-31(37(32)41)26(2)43-38(46)51-40(6,7)8)20-29(33(34)23-42-44)24-49-35-15-10-9-12-27(35)22-36(45)50-39(3,4)5/h9-21,23,26H,22,24H2,1-8H3,(H,43,46)/t26-/m1/s1. The Hall–Kier alpha value is -5.23. The summed E-state index contributed by atoms with van der Waals surface area (Å²) >= 11 is 0. The molecule has 0 radical (unpaired) electrons. The first kappa shape index (κ1) is 38.0. The number of esters is 1. The van der Waals surface area contributed by atoms with Crippen molar-refractivity contribution in [1.82, 2.24) is 14.5 Å². The second kappa shape index (κ2) is 14.8. The van der Waals surface area contributed by atoms with Crippen LogP contribution in [0, 0.1) is 12.7 Å². The van der Waals surface area contributed by atoms with Crippen LogP contribution in [-0.4, -0.2) is 40.9 Å². The third-order valence-corrected chi connectivity index (χ3v) is 9.55. The van der Waals surface area contributed by atoms with Crippen molar-refractivity contribution in [2.24, 2.45) is 0 Å². The second-order valence-corrected chi connectivity index (χ2v) is 16.4. The highest BCUT2D eigenvalue weighted by Gasteiger charge is 2.25. The Morgan fingerprint density at radius 3 is 2.23 bits per heavy atom. The summed E-state index contributed by atoms with van der Waals surface area (Å²) in [7, 11) is -4.16. The van der Waals surface area contributed by atoms with Crippen LogP contribution < -0.4 is 10.1 Å². The van der Waals surface area contributed by atoms with Crippen LogP contribution in [0.25, 0.3) is 22.0 Å². The second-order valence-electron chi connectivity index (χ2n) is 14.6. The van der Waals surface area contributed by atoms with Gasteiger partial charge in [0, 0.05) is 27.6 Å². The molecule has 0 unspecified atom stereocenters. The van der Waals surface area contributed by atoms with Crippen molar-refractivity contribution in [2.45, 2.75) is 90.6 Å². The molecule has 1 heterocycles. The van der Waals surface area contributed by atoms with Crippen LogP contribution in [0.2, 0.25) is 0 Å². The van der Waals surface area contributed by atoms with E-state index >= 15 is 4.39 Å². The molecule has 0 saturated carbocycles. The molecule has 1 aromatic heterocycles. The zero-order valence-electron chi connectivity index (χ0n) is 30.6. The number of alkyl carbamates (subject to hydrolysis) is 1. The Labute approximate surface area is 304 Å². The molecule has 0 bridgehead atoms. The summed E-state index contributed by atoms with van der Waals surface area (Å²) < 4.78 is 62.3. The average molecular weight is 730 g/mol. The number of amides is 1. The lowest BCUT2D eigenvalue weighted by molar-refractivity contribution is -0.153. The average Bonchev–Trinajstić information content (AvgIpc) is 3.48. The highest BCUT2D eigenvalue weighted by atomic mass is 32.2. The quantitative estimate of drug-likeness (QED) is 0.142. The van der Waals surface area contributed by atoms with E-state index in [1.807, 2.05) is 6.92 Å². The number of para-hydroxylation sites is 1.